The summed E-state index contributed by atoms with van der Waals surface area (Å²) in [4.78, 5) is 12.2. The number of aryl methyl sites for hydroxylation is 1. The summed E-state index contributed by atoms with van der Waals surface area (Å²) >= 11 is 0. The third kappa shape index (κ3) is 4.43. The first-order valence-corrected chi connectivity index (χ1v) is 8.40. The maximum atomic E-state index is 12.2. The molecule has 0 aliphatic heterocycles. The number of sulfonamides is 1. The van der Waals surface area contributed by atoms with E-state index in [4.69, 9.17) is 0 Å². The largest absolute Gasteiger partial charge is 0.294 e. The molecule has 0 atom stereocenters. The molecule has 0 heterocycles. The number of anilines is 1. The van der Waals surface area contributed by atoms with Gasteiger partial charge < -0.3 is 0 Å². The summed E-state index contributed by atoms with van der Waals surface area (Å²) in [7, 11) is -3.30. The van der Waals surface area contributed by atoms with Gasteiger partial charge in [-0.3, -0.25) is 9.52 Å². The molecule has 4 nitrogen and oxygen atoms in total. The summed E-state index contributed by atoms with van der Waals surface area (Å²) in [5.41, 5.74) is 3.10. The predicted octanol–water partition coefficient (Wildman–Crippen LogP) is 2.79. The molecule has 0 radical (unpaired) electrons. The number of carbonyl (C=O) groups excluding carboxylic acids is 1. The Morgan fingerprint density at radius 2 is 1.67 bits per heavy atom. The Hall–Kier alpha value is -2.14. The Morgan fingerprint density at radius 3 is 2.24 bits per heavy atom. The summed E-state index contributed by atoms with van der Waals surface area (Å²) in [6.07, 6.45) is 1.43. The molecule has 0 bridgehead atoms. The standard InChI is InChI=1S/C16H17NO3S/c1-12-5-3-4-6-14(12)11-16(18)13-7-9-15(10-8-13)17-21(2,19)20/h3-10,17H,11H2,1-2H3. The number of hydrogen-bond donors (Lipinski definition) is 1. The first-order valence-electron chi connectivity index (χ1n) is 6.51. The summed E-state index contributed by atoms with van der Waals surface area (Å²) < 4.78 is 24.6. The van der Waals surface area contributed by atoms with E-state index >= 15 is 0 Å². The average molecular weight is 303 g/mol. The lowest BCUT2D eigenvalue weighted by molar-refractivity contribution is 0.0993. The van der Waals surface area contributed by atoms with E-state index < -0.39 is 10.0 Å². The first-order chi connectivity index (χ1) is 9.85. The molecule has 0 aliphatic carbocycles. The van der Waals surface area contributed by atoms with Gasteiger partial charge in [0.2, 0.25) is 10.0 Å². The zero-order valence-electron chi connectivity index (χ0n) is 12.0. The fourth-order valence-corrected chi connectivity index (χ4v) is 2.59. The molecule has 2 aromatic rings. The predicted molar refractivity (Wildman–Crippen MR) is 84.1 cm³/mol. The SMILES string of the molecule is Cc1ccccc1CC(=O)c1ccc(NS(C)(=O)=O)cc1. The molecule has 0 fully saturated rings. The van der Waals surface area contributed by atoms with Crippen molar-refractivity contribution in [3.8, 4) is 0 Å². The van der Waals surface area contributed by atoms with Crippen molar-refractivity contribution in [3.05, 3.63) is 65.2 Å². The zero-order valence-corrected chi connectivity index (χ0v) is 12.8. The topological polar surface area (TPSA) is 63.2 Å². The molecule has 0 saturated carbocycles. The number of carbonyl (C=O) groups is 1. The minimum absolute atomic E-state index is 0.00945. The molecule has 2 rings (SSSR count). The maximum Gasteiger partial charge on any atom is 0.229 e. The van der Waals surface area contributed by atoms with Crippen molar-refractivity contribution in [2.75, 3.05) is 11.0 Å². The van der Waals surface area contributed by atoms with Crippen LogP contribution in [0.1, 0.15) is 21.5 Å². The molecule has 0 unspecified atom stereocenters. The monoisotopic (exact) mass is 303 g/mol. The average Bonchev–Trinajstić information content (AvgIpc) is 2.40. The van der Waals surface area contributed by atoms with Crippen LogP contribution in [0.2, 0.25) is 0 Å². The van der Waals surface area contributed by atoms with Crippen LogP contribution in [0.4, 0.5) is 5.69 Å². The van der Waals surface area contributed by atoms with E-state index in [0.717, 1.165) is 17.4 Å². The van der Waals surface area contributed by atoms with E-state index in [1.165, 1.54) is 0 Å². The van der Waals surface area contributed by atoms with Gasteiger partial charge in [-0.2, -0.15) is 0 Å². The lowest BCUT2D eigenvalue weighted by Crippen LogP contribution is -2.10. The van der Waals surface area contributed by atoms with E-state index in [0.29, 0.717) is 17.7 Å². The van der Waals surface area contributed by atoms with Crippen LogP contribution >= 0.6 is 0 Å². The lowest BCUT2D eigenvalue weighted by Gasteiger charge is -2.07. The Balaban J connectivity index is 2.12. The van der Waals surface area contributed by atoms with Crippen molar-refractivity contribution in [1.29, 1.82) is 0 Å². The quantitative estimate of drug-likeness (QED) is 0.864. The number of ketones is 1. The van der Waals surface area contributed by atoms with Gasteiger partial charge in [-0.1, -0.05) is 24.3 Å². The van der Waals surface area contributed by atoms with Crippen LogP contribution in [0, 0.1) is 6.92 Å². The smallest absolute Gasteiger partial charge is 0.229 e. The van der Waals surface area contributed by atoms with Gasteiger partial charge in [-0.15, -0.1) is 0 Å². The zero-order chi connectivity index (χ0) is 15.5. The highest BCUT2D eigenvalue weighted by molar-refractivity contribution is 7.92. The van der Waals surface area contributed by atoms with Gasteiger partial charge in [-0.25, -0.2) is 8.42 Å². The highest BCUT2D eigenvalue weighted by atomic mass is 32.2. The normalized spacial score (nSPS) is 11.1. The first kappa shape index (κ1) is 15.3. The Bertz CT molecular complexity index is 749. The van der Waals surface area contributed by atoms with Gasteiger partial charge in [-0.05, 0) is 42.3 Å². The second-order valence-electron chi connectivity index (χ2n) is 4.98. The molecule has 2 aromatic carbocycles. The second-order valence-corrected chi connectivity index (χ2v) is 6.73. The molecule has 0 aliphatic rings. The highest BCUT2D eigenvalue weighted by Crippen LogP contribution is 2.15. The third-order valence-electron chi connectivity index (χ3n) is 3.12. The number of nitrogens with one attached hydrogen (secondary N) is 1. The van der Waals surface area contributed by atoms with Crippen LogP contribution in [0.5, 0.6) is 0 Å². The number of hydrogen-bond acceptors (Lipinski definition) is 3. The Labute approximate surface area is 124 Å². The Morgan fingerprint density at radius 1 is 1.05 bits per heavy atom. The van der Waals surface area contributed by atoms with Crippen LogP contribution in [0.3, 0.4) is 0 Å². The molecule has 0 amide bonds. The van der Waals surface area contributed by atoms with Gasteiger partial charge in [0, 0.05) is 17.7 Å². The summed E-state index contributed by atoms with van der Waals surface area (Å²) in [6.45, 7) is 1.97. The second kappa shape index (κ2) is 6.10. The van der Waals surface area contributed by atoms with Crippen molar-refractivity contribution in [2.45, 2.75) is 13.3 Å². The van der Waals surface area contributed by atoms with Crippen molar-refractivity contribution in [2.24, 2.45) is 0 Å². The minimum Gasteiger partial charge on any atom is -0.294 e. The lowest BCUT2D eigenvalue weighted by atomic mass is 9.99. The van der Waals surface area contributed by atoms with Crippen LogP contribution in [-0.4, -0.2) is 20.5 Å². The summed E-state index contributed by atoms with van der Waals surface area (Å²) in [6, 6.07) is 14.2. The number of benzene rings is 2. The number of rotatable bonds is 5. The molecule has 0 saturated heterocycles. The van der Waals surface area contributed by atoms with Crippen LogP contribution in [0.25, 0.3) is 0 Å². The molecule has 0 spiro atoms. The van der Waals surface area contributed by atoms with Gasteiger partial charge in [0.1, 0.15) is 0 Å². The fraction of sp³-hybridized carbons (Fsp3) is 0.188. The van der Waals surface area contributed by atoms with Crippen molar-refractivity contribution < 1.29 is 13.2 Å². The molecular weight excluding hydrogens is 286 g/mol. The van der Waals surface area contributed by atoms with E-state index in [1.54, 1.807) is 24.3 Å². The van der Waals surface area contributed by atoms with Crippen LogP contribution in [0.15, 0.2) is 48.5 Å². The van der Waals surface area contributed by atoms with Crippen molar-refractivity contribution in [3.63, 3.8) is 0 Å². The van der Waals surface area contributed by atoms with Gasteiger partial charge in [0.25, 0.3) is 0 Å². The molecule has 110 valence electrons. The highest BCUT2D eigenvalue weighted by Gasteiger charge is 2.09. The van der Waals surface area contributed by atoms with E-state index in [1.807, 2.05) is 31.2 Å². The van der Waals surface area contributed by atoms with Gasteiger partial charge >= 0.3 is 0 Å². The Kier molecular flexibility index (Phi) is 4.43. The summed E-state index contributed by atoms with van der Waals surface area (Å²) in [5.74, 6) is 0.00945. The molecule has 21 heavy (non-hydrogen) atoms. The van der Waals surface area contributed by atoms with E-state index in [2.05, 4.69) is 4.72 Å². The molecule has 0 aromatic heterocycles. The minimum atomic E-state index is -3.30. The van der Waals surface area contributed by atoms with Crippen LogP contribution < -0.4 is 4.72 Å². The third-order valence-corrected chi connectivity index (χ3v) is 3.73. The molecule has 1 N–H and O–H groups in total. The fourth-order valence-electron chi connectivity index (χ4n) is 2.02. The molecule has 5 heteroatoms. The van der Waals surface area contributed by atoms with Crippen molar-refractivity contribution >= 4 is 21.5 Å². The van der Waals surface area contributed by atoms with Gasteiger partial charge in [0.05, 0.1) is 6.26 Å². The number of Topliss-reactive ketones (excluding diaryl/α,β-unsaturated/α-hetero) is 1. The van der Waals surface area contributed by atoms with E-state index in [-0.39, 0.29) is 5.78 Å². The summed E-state index contributed by atoms with van der Waals surface area (Å²) in [5, 5.41) is 0. The van der Waals surface area contributed by atoms with Gasteiger partial charge in [0.15, 0.2) is 5.78 Å². The van der Waals surface area contributed by atoms with E-state index in [9.17, 15) is 13.2 Å². The van der Waals surface area contributed by atoms with Crippen LogP contribution in [-0.2, 0) is 16.4 Å². The molecular formula is C16H17NO3S. The van der Waals surface area contributed by atoms with Crippen molar-refractivity contribution in [1.82, 2.24) is 0 Å². The maximum absolute atomic E-state index is 12.2.